The van der Waals surface area contributed by atoms with Crippen LogP contribution in [0.3, 0.4) is 0 Å². The zero-order valence-electron chi connectivity index (χ0n) is 10.2. The van der Waals surface area contributed by atoms with Crippen molar-refractivity contribution in [2.45, 2.75) is 5.92 Å². The van der Waals surface area contributed by atoms with Crippen LogP contribution in [0.4, 0.5) is 5.82 Å². The molecule has 2 aromatic rings. The number of nitrogens with one attached hydrogen (secondary N) is 1. The second kappa shape index (κ2) is 6.31. The SMILES string of the molecule is NCC(C(=O)Nc1cc(Cl)ccn1)c1ccccc1. The molecule has 1 heterocycles. The van der Waals surface area contributed by atoms with Crippen molar-refractivity contribution < 1.29 is 4.79 Å². The van der Waals surface area contributed by atoms with Crippen LogP contribution in [0.5, 0.6) is 0 Å². The Morgan fingerprint density at radius 2 is 2.05 bits per heavy atom. The van der Waals surface area contributed by atoms with Gasteiger partial charge in [0.15, 0.2) is 0 Å². The van der Waals surface area contributed by atoms with Crippen molar-refractivity contribution >= 4 is 23.3 Å². The zero-order chi connectivity index (χ0) is 13.7. The number of hydrogen-bond donors (Lipinski definition) is 2. The fourth-order valence-electron chi connectivity index (χ4n) is 1.77. The number of hydrogen-bond acceptors (Lipinski definition) is 3. The topological polar surface area (TPSA) is 68.0 Å². The van der Waals surface area contributed by atoms with Gasteiger partial charge in [-0.1, -0.05) is 41.9 Å². The molecule has 4 nitrogen and oxygen atoms in total. The number of nitrogens with two attached hydrogens (primary N) is 1. The molecule has 0 bridgehead atoms. The molecule has 1 amide bonds. The Bertz CT molecular complexity index is 560. The molecule has 5 heteroatoms. The van der Waals surface area contributed by atoms with Crippen LogP contribution < -0.4 is 11.1 Å². The summed E-state index contributed by atoms with van der Waals surface area (Å²) >= 11 is 5.84. The highest BCUT2D eigenvalue weighted by Gasteiger charge is 2.19. The highest BCUT2D eigenvalue weighted by molar-refractivity contribution is 6.30. The Labute approximate surface area is 116 Å². The first-order valence-electron chi connectivity index (χ1n) is 5.88. The van der Waals surface area contributed by atoms with Gasteiger partial charge in [0.25, 0.3) is 0 Å². The van der Waals surface area contributed by atoms with Crippen molar-refractivity contribution in [2.24, 2.45) is 5.73 Å². The summed E-state index contributed by atoms with van der Waals surface area (Å²) in [5.41, 5.74) is 6.56. The lowest BCUT2D eigenvalue weighted by atomic mass is 9.98. The number of benzene rings is 1. The Balaban J connectivity index is 2.14. The quantitative estimate of drug-likeness (QED) is 0.900. The molecule has 1 aromatic carbocycles. The zero-order valence-corrected chi connectivity index (χ0v) is 11.0. The smallest absolute Gasteiger partial charge is 0.234 e. The first-order chi connectivity index (χ1) is 9.20. The molecule has 2 rings (SSSR count). The summed E-state index contributed by atoms with van der Waals surface area (Å²) < 4.78 is 0. The molecule has 0 aliphatic carbocycles. The maximum Gasteiger partial charge on any atom is 0.234 e. The molecule has 0 saturated carbocycles. The molecule has 0 radical (unpaired) electrons. The molecule has 3 N–H and O–H groups in total. The number of rotatable bonds is 4. The van der Waals surface area contributed by atoms with Crippen molar-refractivity contribution in [3.63, 3.8) is 0 Å². The number of anilines is 1. The molecule has 1 unspecified atom stereocenters. The summed E-state index contributed by atoms with van der Waals surface area (Å²) in [6.07, 6.45) is 1.54. The van der Waals surface area contributed by atoms with Crippen molar-refractivity contribution in [1.82, 2.24) is 4.98 Å². The second-order valence-corrected chi connectivity index (χ2v) is 4.48. The predicted octanol–water partition coefficient (Wildman–Crippen LogP) is 2.42. The van der Waals surface area contributed by atoms with Gasteiger partial charge in [0.1, 0.15) is 5.82 Å². The lowest BCUT2D eigenvalue weighted by Crippen LogP contribution is -2.27. The van der Waals surface area contributed by atoms with Crippen LogP contribution in [-0.4, -0.2) is 17.4 Å². The maximum absolute atomic E-state index is 12.2. The highest BCUT2D eigenvalue weighted by Crippen LogP contribution is 2.18. The fourth-order valence-corrected chi connectivity index (χ4v) is 1.93. The van der Waals surface area contributed by atoms with Gasteiger partial charge in [-0.3, -0.25) is 4.79 Å². The number of halogens is 1. The van der Waals surface area contributed by atoms with E-state index in [1.54, 1.807) is 12.1 Å². The molecule has 1 atom stereocenters. The molecule has 1 aromatic heterocycles. The maximum atomic E-state index is 12.2. The molecule has 98 valence electrons. The molecule has 19 heavy (non-hydrogen) atoms. The minimum absolute atomic E-state index is 0.191. The van der Waals surface area contributed by atoms with Gasteiger partial charge < -0.3 is 11.1 Å². The first kappa shape index (κ1) is 13.5. The minimum Gasteiger partial charge on any atom is -0.329 e. The third-order valence-corrected chi connectivity index (χ3v) is 2.96. The summed E-state index contributed by atoms with van der Waals surface area (Å²) in [5, 5.41) is 3.24. The van der Waals surface area contributed by atoms with E-state index in [2.05, 4.69) is 10.3 Å². The number of carbonyl (C=O) groups is 1. The molecule has 0 fully saturated rings. The van der Waals surface area contributed by atoms with Crippen molar-refractivity contribution in [3.05, 3.63) is 59.2 Å². The standard InChI is InChI=1S/C14H14ClN3O/c15-11-6-7-17-13(8-11)18-14(19)12(9-16)10-4-2-1-3-5-10/h1-8,12H,9,16H2,(H,17,18,19). The van der Waals surface area contributed by atoms with E-state index in [1.165, 1.54) is 6.20 Å². The molecular weight excluding hydrogens is 262 g/mol. The molecule has 0 aliphatic rings. The average Bonchev–Trinajstić information content (AvgIpc) is 2.41. The molecule has 0 spiro atoms. The van der Waals surface area contributed by atoms with Gasteiger partial charge in [0.05, 0.1) is 5.92 Å². The van der Waals surface area contributed by atoms with Crippen LogP contribution in [-0.2, 0) is 4.79 Å². The molecule has 0 saturated heterocycles. The second-order valence-electron chi connectivity index (χ2n) is 4.05. The van der Waals surface area contributed by atoms with Gasteiger partial charge >= 0.3 is 0 Å². The average molecular weight is 276 g/mol. The van der Waals surface area contributed by atoms with Gasteiger partial charge in [-0.15, -0.1) is 0 Å². The van der Waals surface area contributed by atoms with Crippen LogP contribution in [0.15, 0.2) is 48.7 Å². The molecular formula is C14H14ClN3O. The largest absolute Gasteiger partial charge is 0.329 e. The molecule has 0 aliphatic heterocycles. The van der Waals surface area contributed by atoms with Gasteiger partial charge in [0, 0.05) is 17.8 Å². The lowest BCUT2D eigenvalue weighted by Gasteiger charge is -2.14. The van der Waals surface area contributed by atoms with E-state index in [0.717, 1.165) is 5.56 Å². The number of pyridine rings is 1. The summed E-state index contributed by atoms with van der Waals surface area (Å²) in [4.78, 5) is 16.2. The monoisotopic (exact) mass is 275 g/mol. The Morgan fingerprint density at radius 3 is 2.68 bits per heavy atom. The predicted molar refractivity (Wildman–Crippen MR) is 76.1 cm³/mol. The first-order valence-corrected chi connectivity index (χ1v) is 6.26. The van der Waals surface area contributed by atoms with Crippen LogP contribution in [0.2, 0.25) is 5.02 Å². The van der Waals surface area contributed by atoms with Crippen LogP contribution in [0.25, 0.3) is 0 Å². The summed E-state index contributed by atoms with van der Waals surface area (Å²) in [6.45, 7) is 0.233. The van der Waals surface area contributed by atoms with E-state index in [-0.39, 0.29) is 12.5 Å². The van der Waals surface area contributed by atoms with Crippen LogP contribution in [0.1, 0.15) is 11.5 Å². The van der Waals surface area contributed by atoms with Gasteiger partial charge in [0.2, 0.25) is 5.91 Å². The van der Waals surface area contributed by atoms with Crippen LogP contribution in [0, 0.1) is 0 Å². The fraction of sp³-hybridized carbons (Fsp3) is 0.143. The van der Waals surface area contributed by atoms with Crippen LogP contribution >= 0.6 is 11.6 Å². The normalized spacial score (nSPS) is 11.9. The summed E-state index contributed by atoms with van der Waals surface area (Å²) in [5.74, 6) is -0.169. The third-order valence-electron chi connectivity index (χ3n) is 2.73. The summed E-state index contributed by atoms with van der Waals surface area (Å²) in [7, 11) is 0. The van der Waals surface area contributed by atoms with Gasteiger partial charge in [-0.25, -0.2) is 4.98 Å². The minimum atomic E-state index is -0.401. The van der Waals surface area contributed by atoms with E-state index in [9.17, 15) is 4.79 Å². The van der Waals surface area contributed by atoms with Gasteiger partial charge in [-0.05, 0) is 17.7 Å². The van der Waals surface area contributed by atoms with E-state index in [0.29, 0.717) is 10.8 Å². The Morgan fingerprint density at radius 1 is 1.32 bits per heavy atom. The van der Waals surface area contributed by atoms with Crippen molar-refractivity contribution in [1.29, 1.82) is 0 Å². The summed E-state index contributed by atoms with van der Waals surface area (Å²) in [6, 6.07) is 12.6. The number of carbonyl (C=O) groups excluding carboxylic acids is 1. The Kier molecular flexibility index (Phi) is 4.49. The number of aromatic nitrogens is 1. The van der Waals surface area contributed by atoms with E-state index >= 15 is 0 Å². The van der Waals surface area contributed by atoms with E-state index in [4.69, 9.17) is 17.3 Å². The number of nitrogens with zero attached hydrogens (tertiary/aromatic N) is 1. The third kappa shape index (κ3) is 3.53. The van der Waals surface area contributed by atoms with E-state index < -0.39 is 5.92 Å². The highest BCUT2D eigenvalue weighted by atomic mass is 35.5. The van der Waals surface area contributed by atoms with Crippen molar-refractivity contribution in [3.8, 4) is 0 Å². The lowest BCUT2D eigenvalue weighted by molar-refractivity contribution is -0.117. The number of amides is 1. The van der Waals surface area contributed by atoms with Gasteiger partial charge in [-0.2, -0.15) is 0 Å². The Hall–Kier alpha value is -1.91. The van der Waals surface area contributed by atoms with Crippen molar-refractivity contribution in [2.75, 3.05) is 11.9 Å². The van der Waals surface area contributed by atoms with E-state index in [1.807, 2.05) is 30.3 Å².